The molecule has 3 amide bonds. The van der Waals surface area contributed by atoms with E-state index in [9.17, 15) is 24.0 Å². The molecule has 8 heteroatoms. The highest BCUT2D eigenvalue weighted by Gasteiger charge is 2.60. The Bertz CT molecular complexity index is 936. The number of Topliss-reactive ketones (excluding diaryl/α,β-unsaturated/α-hetero) is 1. The Morgan fingerprint density at radius 1 is 1.07 bits per heavy atom. The van der Waals surface area contributed by atoms with Crippen LogP contribution in [0.2, 0.25) is 0 Å². The van der Waals surface area contributed by atoms with Gasteiger partial charge in [-0.15, -0.1) is 0 Å². The number of fused-ring (bicyclic) bond motifs is 5. The van der Waals surface area contributed by atoms with Gasteiger partial charge in [-0.2, -0.15) is 0 Å². The maximum atomic E-state index is 12.7. The molecule has 2 bridgehead atoms. The standard InChI is InChI=1S/C22H22N2O6/c1-11(24-20(27)18-14-3-4-15(9-14)19(18)21(24)28)22(29)30-10-17(26)23-16-7-5-13(6-8-16)12(2)25/h3-8,11,14-15,18-19H,9-10H2,1-2H3,(H,23,26)/t11-,14+,15+,18-,19+/m1/s1. The van der Waals surface area contributed by atoms with Gasteiger partial charge in [0.15, 0.2) is 12.4 Å². The van der Waals surface area contributed by atoms with Crippen LogP contribution in [0, 0.1) is 23.7 Å². The second-order valence-corrected chi connectivity index (χ2v) is 8.01. The Labute approximate surface area is 173 Å². The van der Waals surface area contributed by atoms with Crippen LogP contribution in [-0.2, 0) is 23.9 Å². The third-order valence-corrected chi connectivity index (χ3v) is 6.15. The molecule has 1 aromatic carbocycles. The predicted octanol–water partition coefficient (Wildman–Crippen LogP) is 1.57. The van der Waals surface area contributed by atoms with Gasteiger partial charge in [0.2, 0.25) is 11.8 Å². The second-order valence-electron chi connectivity index (χ2n) is 8.01. The van der Waals surface area contributed by atoms with Crippen molar-refractivity contribution < 1.29 is 28.7 Å². The summed E-state index contributed by atoms with van der Waals surface area (Å²) in [5.74, 6) is -2.77. The SMILES string of the molecule is CC(=O)c1ccc(NC(=O)COC(=O)[C@@H](C)N2C(=O)[C@@H]3[C@H](C2=O)[C@H]2C=C[C@H]3C2)cc1. The summed E-state index contributed by atoms with van der Waals surface area (Å²) in [5.41, 5.74) is 0.969. The molecule has 30 heavy (non-hydrogen) atoms. The number of ketones is 1. The minimum atomic E-state index is -1.09. The third kappa shape index (κ3) is 3.32. The highest BCUT2D eigenvalue weighted by molar-refractivity contribution is 6.09. The third-order valence-electron chi connectivity index (χ3n) is 6.15. The largest absolute Gasteiger partial charge is 0.454 e. The van der Waals surface area contributed by atoms with Crippen molar-refractivity contribution >= 4 is 35.2 Å². The van der Waals surface area contributed by atoms with E-state index in [0.29, 0.717) is 11.3 Å². The topological polar surface area (TPSA) is 110 Å². The number of anilines is 1. The van der Waals surface area contributed by atoms with Gasteiger partial charge in [0.1, 0.15) is 6.04 Å². The molecule has 156 valence electrons. The molecule has 2 fully saturated rings. The number of carbonyl (C=O) groups is 5. The van der Waals surface area contributed by atoms with E-state index in [4.69, 9.17) is 4.74 Å². The predicted molar refractivity (Wildman–Crippen MR) is 105 cm³/mol. The molecule has 1 saturated heterocycles. The zero-order chi connectivity index (χ0) is 21.6. The van der Waals surface area contributed by atoms with E-state index in [-0.39, 0.29) is 41.3 Å². The molecule has 0 unspecified atom stereocenters. The fourth-order valence-corrected chi connectivity index (χ4v) is 4.66. The van der Waals surface area contributed by atoms with Gasteiger partial charge in [0.05, 0.1) is 11.8 Å². The van der Waals surface area contributed by atoms with Gasteiger partial charge >= 0.3 is 5.97 Å². The van der Waals surface area contributed by atoms with Crippen LogP contribution in [0.5, 0.6) is 0 Å². The number of rotatable bonds is 6. The number of ether oxygens (including phenoxy) is 1. The molecule has 4 rings (SSSR count). The zero-order valence-electron chi connectivity index (χ0n) is 16.7. The van der Waals surface area contributed by atoms with Crippen LogP contribution >= 0.6 is 0 Å². The van der Waals surface area contributed by atoms with Crippen LogP contribution in [0.4, 0.5) is 5.69 Å². The fraction of sp³-hybridized carbons (Fsp3) is 0.409. The molecule has 1 heterocycles. The molecule has 0 spiro atoms. The van der Waals surface area contributed by atoms with E-state index in [2.05, 4.69) is 5.32 Å². The lowest BCUT2D eigenvalue weighted by Crippen LogP contribution is -2.45. The lowest BCUT2D eigenvalue weighted by Gasteiger charge is -2.23. The number of hydrogen-bond donors (Lipinski definition) is 1. The van der Waals surface area contributed by atoms with Crippen molar-refractivity contribution in [1.82, 2.24) is 4.90 Å². The maximum Gasteiger partial charge on any atom is 0.329 e. The molecule has 1 aromatic rings. The summed E-state index contributed by atoms with van der Waals surface area (Å²) in [6.45, 7) is 2.33. The Morgan fingerprint density at radius 2 is 1.63 bits per heavy atom. The molecular weight excluding hydrogens is 388 g/mol. The summed E-state index contributed by atoms with van der Waals surface area (Å²) in [4.78, 5) is 62.2. The fourth-order valence-electron chi connectivity index (χ4n) is 4.66. The van der Waals surface area contributed by atoms with Gasteiger partial charge < -0.3 is 10.1 Å². The minimum absolute atomic E-state index is 0.0600. The van der Waals surface area contributed by atoms with Crippen molar-refractivity contribution in [2.24, 2.45) is 23.7 Å². The smallest absolute Gasteiger partial charge is 0.329 e. The molecule has 8 nitrogen and oxygen atoms in total. The number of nitrogens with zero attached hydrogens (tertiary/aromatic N) is 1. The number of likely N-dealkylation sites (tertiary alicyclic amines) is 1. The summed E-state index contributed by atoms with van der Waals surface area (Å²) < 4.78 is 5.03. The second kappa shape index (κ2) is 7.51. The first-order chi connectivity index (χ1) is 14.3. The summed E-state index contributed by atoms with van der Waals surface area (Å²) in [5, 5.41) is 2.56. The van der Waals surface area contributed by atoms with Crippen LogP contribution in [0.1, 0.15) is 30.6 Å². The van der Waals surface area contributed by atoms with E-state index >= 15 is 0 Å². The first kappa shape index (κ1) is 20.0. The Morgan fingerprint density at radius 3 is 2.17 bits per heavy atom. The summed E-state index contributed by atoms with van der Waals surface area (Å²) >= 11 is 0. The number of imide groups is 1. The molecule has 5 atom stereocenters. The average molecular weight is 410 g/mol. The van der Waals surface area contributed by atoms with Crippen molar-refractivity contribution in [2.45, 2.75) is 26.3 Å². The van der Waals surface area contributed by atoms with Crippen LogP contribution in [0.3, 0.4) is 0 Å². The van der Waals surface area contributed by atoms with Crippen LogP contribution in [0.15, 0.2) is 36.4 Å². The molecule has 1 aliphatic heterocycles. The number of carbonyl (C=O) groups excluding carboxylic acids is 5. The van der Waals surface area contributed by atoms with Gasteiger partial charge in [-0.05, 0) is 56.4 Å². The van der Waals surface area contributed by atoms with Gasteiger partial charge in [-0.25, -0.2) is 4.79 Å². The Hall–Kier alpha value is -3.29. The normalized spacial score (nSPS) is 27.2. The van der Waals surface area contributed by atoms with Crippen LogP contribution in [-0.4, -0.2) is 47.0 Å². The molecule has 3 aliphatic rings. The molecule has 2 aliphatic carbocycles. The molecule has 1 N–H and O–H groups in total. The van der Waals surface area contributed by atoms with Crippen LogP contribution in [0.25, 0.3) is 0 Å². The van der Waals surface area contributed by atoms with Gasteiger partial charge in [0, 0.05) is 11.3 Å². The molecular formula is C22H22N2O6. The summed E-state index contributed by atoms with van der Waals surface area (Å²) in [7, 11) is 0. The Kier molecular flexibility index (Phi) is 5.01. The van der Waals surface area contributed by atoms with Crippen LogP contribution < -0.4 is 5.32 Å². The summed E-state index contributed by atoms with van der Waals surface area (Å²) in [6, 6.07) is 5.21. The van der Waals surface area contributed by atoms with E-state index in [1.807, 2.05) is 12.2 Å². The number of nitrogens with one attached hydrogen (secondary N) is 1. The van der Waals surface area contributed by atoms with Crippen molar-refractivity contribution in [3.8, 4) is 0 Å². The summed E-state index contributed by atoms with van der Waals surface area (Å²) in [6.07, 6.45) is 4.78. The number of amides is 3. The minimum Gasteiger partial charge on any atom is -0.454 e. The van der Waals surface area contributed by atoms with Gasteiger partial charge in [-0.1, -0.05) is 12.2 Å². The number of benzene rings is 1. The highest BCUT2D eigenvalue weighted by atomic mass is 16.5. The zero-order valence-corrected chi connectivity index (χ0v) is 16.7. The first-order valence-electron chi connectivity index (χ1n) is 9.90. The monoisotopic (exact) mass is 410 g/mol. The average Bonchev–Trinajstić information content (AvgIpc) is 3.40. The van der Waals surface area contributed by atoms with E-state index in [0.717, 1.165) is 11.3 Å². The molecule has 0 aromatic heterocycles. The number of esters is 1. The first-order valence-corrected chi connectivity index (χ1v) is 9.90. The molecule has 0 radical (unpaired) electrons. The van der Waals surface area contributed by atoms with Crippen molar-refractivity contribution in [3.05, 3.63) is 42.0 Å². The molecule has 1 saturated carbocycles. The van der Waals surface area contributed by atoms with Crippen molar-refractivity contribution in [2.75, 3.05) is 11.9 Å². The van der Waals surface area contributed by atoms with Gasteiger partial charge in [0.25, 0.3) is 5.91 Å². The van der Waals surface area contributed by atoms with Gasteiger partial charge in [-0.3, -0.25) is 24.1 Å². The van der Waals surface area contributed by atoms with E-state index < -0.39 is 24.5 Å². The lowest BCUT2D eigenvalue weighted by atomic mass is 9.85. The Balaban J connectivity index is 1.32. The quantitative estimate of drug-likeness (QED) is 0.330. The van der Waals surface area contributed by atoms with Crippen molar-refractivity contribution in [3.63, 3.8) is 0 Å². The maximum absolute atomic E-state index is 12.7. The number of hydrogen-bond acceptors (Lipinski definition) is 6. The van der Waals surface area contributed by atoms with E-state index in [1.165, 1.54) is 13.8 Å². The van der Waals surface area contributed by atoms with E-state index in [1.54, 1.807) is 24.3 Å². The highest BCUT2D eigenvalue weighted by Crippen LogP contribution is 2.52. The number of allylic oxidation sites excluding steroid dienone is 2. The van der Waals surface area contributed by atoms with Crippen molar-refractivity contribution in [1.29, 1.82) is 0 Å². The lowest BCUT2D eigenvalue weighted by molar-refractivity contribution is -0.159.